The van der Waals surface area contributed by atoms with Crippen LogP contribution in [0.15, 0.2) is 67.2 Å². The van der Waals surface area contributed by atoms with Crippen LogP contribution < -0.4 is 10.2 Å². The monoisotopic (exact) mass is 308 g/mol. The highest BCUT2D eigenvalue weighted by atomic mass is 16.8. The molecule has 6 heteroatoms. The Morgan fingerprint density at radius 3 is 3.13 bits per heavy atom. The van der Waals surface area contributed by atoms with Crippen molar-refractivity contribution in [3.63, 3.8) is 0 Å². The average molecular weight is 308 g/mol. The Kier molecular flexibility index (Phi) is 3.36. The third kappa shape index (κ3) is 2.60. The van der Waals surface area contributed by atoms with E-state index in [9.17, 15) is 0 Å². The number of hydroxylamine groups is 3. The summed E-state index contributed by atoms with van der Waals surface area (Å²) >= 11 is 0. The van der Waals surface area contributed by atoms with Crippen molar-refractivity contribution in [3.8, 4) is 5.75 Å². The Bertz CT molecular complexity index is 806. The molecule has 116 valence electrons. The normalized spacial score (nSPS) is 15.8. The highest BCUT2D eigenvalue weighted by Crippen LogP contribution is 2.32. The van der Waals surface area contributed by atoms with E-state index < -0.39 is 0 Å². The molecular formula is C17H16N4O2. The maximum absolute atomic E-state index is 5.53. The zero-order valence-corrected chi connectivity index (χ0v) is 12.6. The van der Waals surface area contributed by atoms with Gasteiger partial charge in [-0.25, -0.2) is 15.5 Å². The smallest absolute Gasteiger partial charge is 0.126 e. The number of methoxy groups -OCH3 is 1. The second-order valence-corrected chi connectivity index (χ2v) is 5.29. The van der Waals surface area contributed by atoms with E-state index in [1.165, 1.54) is 5.56 Å². The molecule has 0 spiro atoms. The van der Waals surface area contributed by atoms with E-state index >= 15 is 0 Å². The van der Waals surface area contributed by atoms with Crippen LogP contribution in [0.4, 0.5) is 0 Å². The number of fused-ring (bicyclic) bond motifs is 1. The van der Waals surface area contributed by atoms with Crippen molar-refractivity contribution >= 4 is 5.57 Å². The minimum atomic E-state index is 0.771. The molecule has 0 saturated carbocycles. The number of rotatable bonds is 4. The molecule has 0 radical (unpaired) electrons. The van der Waals surface area contributed by atoms with Crippen LogP contribution in [0.2, 0.25) is 0 Å². The van der Waals surface area contributed by atoms with E-state index in [1.54, 1.807) is 18.4 Å². The van der Waals surface area contributed by atoms with Crippen LogP contribution in [0.25, 0.3) is 5.57 Å². The number of nitrogens with one attached hydrogen (secondary N) is 1. The second kappa shape index (κ2) is 5.66. The SMILES string of the molecule is COc1ccc(Cn2ccnc2)cc1C1=CC2=CNON2C=C1. The van der Waals surface area contributed by atoms with Crippen LogP contribution in [0.5, 0.6) is 5.75 Å². The van der Waals surface area contributed by atoms with Crippen LogP contribution in [0.1, 0.15) is 11.1 Å². The third-order valence-electron chi connectivity index (χ3n) is 3.80. The largest absolute Gasteiger partial charge is 0.496 e. The number of hydrogen-bond acceptors (Lipinski definition) is 5. The quantitative estimate of drug-likeness (QED) is 0.940. The van der Waals surface area contributed by atoms with Gasteiger partial charge in [-0.05, 0) is 35.4 Å². The highest BCUT2D eigenvalue weighted by Gasteiger charge is 2.18. The third-order valence-corrected chi connectivity index (χ3v) is 3.80. The number of imidazole rings is 1. The van der Waals surface area contributed by atoms with Crippen LogP contribution in [0.3, 0.4) is 0 Å². The maximum Gasteiger partial charge on any atom is 0.126 e. The summed E-state index contributed by atoms with van der Waals surface area (Å²) in [6.45, 7) is 0.771. The standard InChI is InChI=1S/C17H16N4O2/c1-22-17-3-2-13(11-20-7-5-18-12-20)8-16(17)14-4-6-21-15(9-14)10-19-23-21/h2-10,12,19H,11H2,1H3. The molecule has 1 aromatic carbocycles. The molecule has 6 nitrogen and oxygen atoms in total. The van der Waals surface area contributed by atoms with Gasteiger partial charge in [-0.15, -0.1) is 0 Å². The van der Waals surface area contributed by atoms with Gasteiger partial charge in [0.15, 0.2) is 0 Å². The summed E-state index contributed by atoms with van der Waals surface area (Å²) in [7, 11) is 1.69. The lowest BCUT2D eigenvalue weighted by atomic mass is 9.99. The van der Waals surface area contributed by atoms with Crippen molar-refractivity contribution in [2.24, 2.45) is 0 Å². The van der Waals surface area contributed by atoms with Crippen molar-refractivity contribution < 1.29 is 9.68 Å². The fourth-order valence-corrected chi connectivity index (χ4v) is 2.67. The molecule has 1 aromatic heterocycles. The van der Waals surface area contributed by atoms with Gasteiger partial charge in [-0.3, -0.25) is 0 Å². The number of nitrogens with zero attached hydrogens (tertiary/aromatic N) is 3. The van der Waals surface area contributed by atoms with Crippen LogP contribution in [-0.2, 0) is 11.5 Å². The molecule has 0 unspecified atom stereocenters. The van der Waals surface area contributed by atoms with E-state index in [-0.39, 0.29) is 0 Å². The molecule has 2 aliphatic rings. The zero-order valence-electron chi connectivity index (χ0n) is 12.6. The fourth-order valence-electron chi connectivity index (χ4n) is 2.67. The van der Waals surface area contributed by atoms with Gasteiger partial charge in [0.05, 0.1) is 25.3 Å². The molecule has 0 atom stereocenters. The summed E-state index contributed by atoms with van der Waals surface area (Å²) in [5, 5.41) is 1.67. The number of ether oxygens (including phenoxy) is 1. The lowest BCUT2D eigenvalue weighted by molar-refractivity contribution is -0.112. The van der Waals surface area contributed by atoms with Gasteiger partial charge in [-0.2, -0.15) is 4.94 Å². The van der Waals surface area contributed by atoms with Gasteiger partial charge in [0.2, 0.25) is 0 Å². The summed E-state index contributed by atoms with van der Waals surface area (Å²) in [5.41, 5.74) is 6.99. The maximum atomic E-state index is 5.53. The van der Waals surface area contributed by atoms with E-state index in [4.69, 9.17) is 9.68 Å². The molecule has 1 N–H and O–H groups in total. The number of aromatic nitrogens is 2. The Hall–Kier alpha value is -2.99. The average Bonchev–Trinajstić information content (AvgIpc) is 3.25. The van der Waals surface area contributed by atoms with Crippen molar-refractivity contribution in [1.82, 2.24) is 20.1 Å². The molecule has 0 aliphatic carbocycles. The molecule has 0 fully saturated rings. The van der Waals surface area contributed by atoms with Gasteiger partial charge in [0, 0.05) is 30.7 Å². The first-order valence-electron chi connectivity index (χ1n) is 7.28. The van der Waals surface area contributed by atoms with E-state index in [0.29, 0.717) is 0 Å². The van der Waals surface area contributed by atoms with Crippen molar-refractivity contribution in [1.29, 1.82) is 0 Å². The molecule has 3 heterocycles. The van der Waals surface area contributed by atoms with Gasteiger partial charge in [0.25, 0.3) is 0 Å². The molecular weight excluding hydrogens is 292 g/mol. The Balaban J connectivity index is 1.70. The number of allylic oxidation sites excluding steroid dienone is 3. The minimum absolute atomic E-state index is 0.771. The molecule has 4 rings (SSSR count). The number of benzene rings is 1. The Labute approximate surface area is 133 Å². The molecule has 2 aromatic rings. The Morgan fingerprint density at radius 2 is 2.30 bits per heavy atom. The van der Waals surface area contributed by atoms with E-state index in [0.717, 1.165) is 29.1 Å². The topological polar surface area (TPSA) is 51.6 Å². The highest BCUT2D eigenvalue weighted by molar-refractivity contribution is 5.80. The van der Waals surface area contributed by atoms with Crippen molar-refractivity contribution in [3.05, 3.63) is 78.3 Å². The molecule has 0 bridgehead atoms. The second-order valence-electron chi connectivity index (χ2n) is 5.29. The predicted octanol–water partition coefficient (Wildman–Crippen LogP) is 2.44. The summed E-state index contributed by atoms with van der Waals surface area (Å²) in [4.78, 5) is 9.29. The van der Waals surface area contributed by atoms with Crippen LogP contribution in [-0.4, -0.2) is 21.7 Å². The van der Waals surface area contributed by atoms with Gasteiger partial charge in [0.1, 0.15) is 5.75 Å². The van der Waals surface area contributed by atoms with Crippen LogP contribution in [0, 0.1) is 0 Å². The summed E-state index contributed by atoms with van der Waals surface area (Å²) in [6, 6.07) is 6.22. The van der Waals surface area contributed by atoms with E-state index in [2.05, 4.69) is 28.7 Å². The summed E-state index contributed by atoms with van der Waals surface area (Å²) in [6.07, 6.45) is 13.3. The van der Waals surface area contributed by atoms with Crippen molar-refractivity contribution in [2.45, 2.75) is 6.54 Å². The van der Waals surface area contributed by atoms with Crippen LogP contribution >= 0.6 is 0 Å². The van der Waals surface area contributed by atoms with E-state index in [1.807, 2.05) is 41.6 Å². The van der Waals surface area contributed by atoms with Gasteiger partial charge in [-0.1, -0.05) is 6.07 Å². The minimum Gasteiger partial charge on any atom is -0.496 e. The zero-order chi connectivity index (χ0) is 15.6. The Morgan fingerprint density at radius 1 is 1.35 bits per heavy atom. The fraction of sp³-hybridized carbons (Fsp3) is 0.118. The first kappa shape index (κ1) is 13.7. The molecule has 0 amide bonds. The molecule has 23 heavy (non-hydrogen) atoms. The van der Waals surface area contributed by atoms with Crippen molar-refractivity contribution in [2.75, 3.05) is 7.11 Å². The number of hydrogen-bond donors (Lipinski definition) is 1. The summed E-state index contributed by atoms with van der Waals surface area (Å²) < 4.78 is 7.56. The lowest BCUT2D eigenvalue weighted by Crippen LogP contribution is -2.15. The lowest BCUT2D eigenvalue weighted by Gasteiger charge is -2.19. The molecule has 2 aliphatic heterocycles. The first-order valence-corrected chi connectivity index (χ1v) is 7.28. The first-order chi connectivity index (χ1) is 11.3. The van der Waals surface area contributed by atoms with Gasteiger partial charge >= 0.3 is 0 Å². The van der Waals surface area contributed by atoms with Gasteiger partial charge < -0.3 is 9.30 Å². The predicted molar refractivity (Wildman–Crippen MR) is 85.6 cm³/mol. The summed E-state index contributed by atoms with van der Waals surface area (Å²) in [5.74, 6) is 0.844. The molecule has 0 saturated heterocycles.